The van der Waals surface area contributed by atoms with Crippen LogP contribution >= 0.6 is 11.3 Å². The van der Waals surface area contributed by atoms with Gasteiger partial charge in [-0.25, -0.2) is 14.4 Å². The Kier molecular flexibility index (Phi) is 7.24. The van der Waals surface area contributed by atoms with Gasteiger partial charge in [-0.3, -0.25) is 14.6 Å². The highest BCUT2D eigenvalue weighted by molar-refractivity contribution is 7.18. The number of hydrogen-bond acceptors (Lipinski definition) is 8. The van der Waals surface area contributed by atoms with Crippen LogP contribution in [0.4, 0.5) is 4.39 Å². The van der Waals surface area contributed by atoms with Crippen LogP contribution in [0.2, 0.25) is 0 Å². The first-order valence-corrected chi connectivity index (χ1v) is 12.5. The van der Waals surface area contributed by atoms with E-state index < -0.39 is 5.82 Å². The molecule has 10 nitrogen and oxygen atoms in total. The minimum absolute atomic E-state index is 0.131. The molecule has 38 heavy (non-hydrogen) atoms. The van der Waals surface area contributed by atoms with E-state index in [0.717, 1.165) is 15.6 Å². The molecule has 0 spiro atoms. The van der Waals surface area contributed by atoms with Crippen molar-refractivity contribution in [1.82, 2.24) is 35.3 Å². The predicted molar refractivity (Wildman–Crippen MR) is 142 cm³/mol. The number of rotatable bonds is 10. The van der Waals surface area contributed by atoms with Crippen molar-refractivity contribution in [2.75, 3.05) is 20.3 Å². The maximum atomic E-state index is 14.3. The number of nitrogens with zero attached hydrogens (tertiary/aromatic N) is 5. The lowest BCUT2D eigenvalue weighted by Gasteiger charge is -2.16. The topological polar surface area (TPSA) is 120 Å². The van der Waals surface area contributed by atoms with E-state index in [1.54, 1.807) is 24.1 Å². The second-order valence-corrected chi connectivity index (χ2v) is 9.18. The molecule has 5 rings (SSSR count). The van der Waals surface area contributed by atoms with E-state index in [9.17, 15) is 9.18 Å². The number of pyridine rings is 1. The summed E-state index contributed by atoms with van der Waals surface area (Å²) in [5.74, 6) is 0.347. The minimum atomic E-state index is -0.428. The summed E-state index contributed by atoms with van der Waals surface area (Å²) in [6.07, 6.45) is 4.81. The number of aromatic nitrogens is 6. The Bertz CT molecular complexity index is 1620. The summed E-state index contributed by atoms with van der Waals surface area (Å²) in [4.78, 5) is 21.2. The first-order valence-electron chi connectivity index (χ1n) is 11.6. The Hall–Kier alpha value is -4.42. The molecule has 5 aromatic rings. The molecule has 0 radical (unpaired) electrons. The van der Waals surface area contributed by atoms with Crippen molar-refractivity contribution in [3.8, 4) is 39.7 Å². The Morgan fingerprint density at radius 3 is 2.89 bits per heavy atom. The molecule has 194 valence electrons. The standard InChI is InChI=1S/C26H24FN7O3S/c1-4-21(35)28-13-20-30-26(33-32-20)24-22(17-6-5-16(27)11-19(17)37-9-8-36-3)25-18(7-10-38-25)23(31-24)15-12-29-34(2)14-15/h4-7,10-12,14H,1,8-9,13H2,2-3H3,(H,28,35)(H,30,32,33). The Morgan fingerprint density at radius 2 is 2.13 bits per heavy atom. The smallest absolute Gasteiger partial charge is 0.243 e. The molecule has 0 fully saturated rings. The minimum Gasteiger partial charge on any atom is -0.490 e. The lowest BCUT2D eigenvalue weighted by molar-refractivity contribution is -0.116. The van der Waals surface area contributed by atoms with Crippen molar-refractivity contribution >= 4 is 27.3 Å². The second kappa shape index (κ2) is 10.9. The number of carbonyl (C=O) groups is 1. The molecule has 4 heterocycles. The molecule has 0 saturated heterocycles. The zero-order valence-electron chi connectivity index (χ0n) is 20.7. The van der Waals surface area contributed by atoms with Crippen LogP contribution in [0.1, 0.15) is 5.82 Å². The van der Waals surface area contributed by atoms with E-state index in [0.29, 0.717) is 46.5 Å². The van der Waals surface area contributed by atoms with Gasteiger partial charge in [0.1, 0.15) is 29.7 Å². The maximum absolute atomic E-state index is 14.3. The van der Waals surface area contributed by atoms with Crippen LogP contribution in [0.5, 0.6) is 5.75 Å². The van der Waals surface area contributed by atoms with Gasteiger partial charge in [0.25, 0.3) is 0 Å². The van der Waals surface area contributed by atoms with Gasteiger partial charge in [0.2, 0.25) is 11.7 Å². The third kappa shape index (κ3) is 5.04. The number of benzene rings is 1. The van der Waals surface area contributed by atoms with E-state index in [-0.39, 0.29) is 19.1 Å². The van der Waals surface area contributed by atoms with Gasteiger partial charge >= 0.3 is 0 Å². The molecule has 0 atom stereocenters. The number of ether oxygens (including phenoxy) is 2. The van der Waals surface area contributed by atoms with Crippen molar-refractivity contribution in [3.05, 3.63) is 66.3 Å². The van der Waals surface area contributed by atoms with E-state index in [2.05, 4.69) is 32.2 Å². The summed E-state index contributed by atoms with van der Waals surface area (Å²) >= 11 is 1.52. The number of H-pyrrole nitrogens is 1. The molecule has 0 saturated carbocycles. The molecular formula is C26H24FN7O3S. The number of nitrogens with one attached hydrogen (secondary N) is 2. The molecule has 0 aliphatic carbocycles. The number of hydrogen-bond donors (Lipinski definition) is 2. The number of aryl methyl sites for hydroxylation is 1. The lowest BCUT2D eigenvalue weighted by Crippen LogP contribution is -2.20. The monoisotopic (exact) mass is 533 g/mol. The highest BCUT2D eigenvalue weighted by Crippen LogP contribution is 2.45. The van der Waals surface area contributed by atoms with Crippen LogP contribution < -0.4 is 10.1 Å². The summed E-state index contributed by atoms with van der Waals surface area (Å²) in [6.45, 7) is 4.17. The number of thiophene rings is 1. The van der Waals surface area contributed by atoms with Crippen molar-refractivity contribution < 1.29 is 18.7 Å². The maximum Gasteiger partial charge on any atom is 0.243 e. The molecule has 2 N–H and O–H groups in total. The molecule has 0 aliphatic rings. The number of methoxy groups -OCH3 is 1. The molecule has 0 unspecified atom stereocenters. The van der Waals surface area contributed by atoms with Gasteiger partial charge in [-0.15, -0.1) is 11.3 Å². The molecule has 12 heteroatoms. The van der Waals surface area contributed by atoms with Crippen LogP contribution in [-0.4, -0.2) is 56.2 Å². The largest absolute Gasteiger partial charge is 0.490 e. The number of halogens is 1. The Labute approximate surface area is 221 Å². The van der Waals surface area contributed by atoms with Gasteiger partial charge < -0.3 is 14.8 Å². The third-order valence-corrected chi connectivity index (χ3v) is 6.64. The summed E-state index contributed by atoms with van der Waals surface area (Å²) in [6, 6.07) is 6.38. The van der Waals surface area contributed by atoms with Crippen LogP contribution in [0.15, 0.2) is 54.7 Å². The SMILES string of the molecule is C=CC(=O)NCc1nc(-c2nc(-c3cnn(C)c3)c3ccsc3c2-c2ccc(F)cc2OCCOC)n[nH]1. The molecule has 0 bridgehead atoms. The van der Waals surface area contributed by atoms with Crippen molar-refractivity contribution in [1.29, 1.82) is 0 Å². The fourth-order valence-corrected chi connectivity index (χ4v) is 4.94. The Balaban J connectivity index is 1.72. The van der Waals surface area contributed by atoms with Gasteiger partial charge in [0.05, 0.1) is 25.0 Å². The Morgan fingerprint density at radius 1 is 1.26 bits per heavy atom. The first-order chi connectivity index (χ1) is 18.5. The highest BCUT2D eigenvalue weighted by atomic mass is 32.1. The predicted octanol–water partition coefficient (Wildman–Crippen LogP) is 4.12. The summed E-state index contributed by atoms with van der Waals surface area (Å²) in [5.41, 5.74) is 3.36. The zero-order valence-corrected chi connectivity index (χ0v) is 21.5. The highest BCUT2D eigenvalue weighted by Gasteiger charge is 2.24. The van der Waals surface area contributed by atoms with E-state index in [1.165, 1.54) is 29.5 Å². The molecule has 1 amide bonds. The first kappa shape index (κ1) is 25.2. The quantitative estimate of drug-likeness (QED) is 0.205. The third-order valence-electron chi connectivity index (χ3n) is 5.70. The van der Waals surface area contributed by atoms with Crippen molar-refractivity contribution in [2.24, 2.45) is 7.05 Å². The van der Waals surface area contributed by atoms with E-state index in [1.807, 2.05) is 24.7 Å². The van der Waals surface area contributed by atoms with Crippen molar-refractivity contribution in [3.63, 3.8) is 0 Å². The van der Waals surface area contributed by atoms with E-state index >= 15 is 0 Å². The average Bonchev–Trinajstić information content (AvgIpc) is 3.68. The lowest BCUT2D eigenvalue weighted by atomic mass is 9.98. The number of carbonyl (C=O) groups excluding carboxylic acids is 1. The summed E-state index contributed by atoms with van der Waals surface area (Å²) in [7, 11) is 3.41. The van der Waals surface area contributed by atoms with Gasteiger partial charge in [-0.1, -0.05) is 6.58 Å². The van der Waals surface area contributed by atoms with Crippen LogP contribution in [0, 0.1) is 5.82 Å². The summed E-state index contributed by atoms with van der Waals surface area (Å²) < 4.78 is 28.0. The summed E-state index contributed by atoms with van der Waals surface area (Å²) in [5, 5.41) is 17.1. The van der Waals surface area contributed by atoms with Gasteiger partial charge in [0.15, 0.2) is 0 Å². The van der Waals surface area contributed by atoms with E-state index in [4.69, 9.17) is 14.5 Å². The zero-order chi connectivity index (χ0) is 26.6. The fraction of sp³-hybridized carbons (Fsp3) is 0.192. The number of aromatic amines is 1. The molecule has 1 aromatic carbocycles. The van der Waals surface area contributed by atoms with Crippen LogP contribution in [-0.2, 0) is 23.1 Å². The number of fused-ring (bicyclic) bond motifs is 1. The van der Waals surface area contributed by atoms with Gasteiger partial charge in [-0.05, 0) is 29.7 Å². The number of amides is 1. The molecule has 0 aliphatic heterocycles. The average molecular weight is 534 g/mol. The fourth-order valence-electron chi connectivity index (χ4n) is 3.98. The van der Waals surface area contributed by atoms with Crippen LogP contribution in [0.3, 0.4) is 0 Å². The molecule has 4 aromatic heterocycles. The second-order valence-electron chi connectivity index (χ2n) is 8.26. The normalized spacial score (nSPS) is 11.1. The van der Waals surface area contributed by atoms with Crippen molar-refractivity contribution in [2.45, 2.75) is 6.54 Å². The molecular weight excluding hydrogens is 509 g/mol. The van der Waals surface area contributed by atoms with Crippen LogP contribution in [0.25, 0.3) is 44.0 Å². The van der Waals surface area contributed by atoms with Gasteiger partial charge in [0, 0.05) is 53.2 Å². The van der Waals surface area contributed by atoms with Gasteiger partial charge in [-0.2, -0.15) is 10.2 Å².